The van der Waals surface area contributed by atoms with Crippen LogP contribution in [0, 0.1) is 6.92 Å². The summed E-state index contributed by atoms with van der Waals surface area (Å²) in [6, 6.07) is 6.21. The lowest BCUT2D eigenvalue weighted by molar-refractivity contribution is 0.123. The van der Waals surface area contributed by atoms with E-state index >= 15 is 0 Å². The van der Waals surface area contributed by atoms with E-state index in [1.807, 2.05) is 24.8 Å². The molecule has 1 heterocycles. The summed E-state index contributed by atoms with van der Waals surface area (Å²) < 4.78 is 5.68. The molecule has 1 aromatic heterocycles. The molecule has 0 aliphatic carbocycles. The van der Waals surface area contributed by atoms with Gasteiger partial charge in [0.1, 0.15) is 6.33 Å². The molecule has 2 rings (SSSR count). The quantitative estimate of drug-likeness (QED) is 0.757. The van der Waals surface area contributed by atoms with Crippen molar-refractivity contribution in [2.45, 2.75) is 13.5 Å². The molecule has 108 valence electrons. The highest BCUT2D eigenvalue weighted by Gasteiger charge is 2.01. The SMILES string of the molecule is CSCCNCCOCc1ccc2ncnc(C)c2c1. The van der Waals surface area contributed by atoms with Crippen LogP contribution in [0.15, 0.2) is 24.5 Å². The minimum atomic E-state index is 0.633. The third-order valence-corrected chi connectivity index (χ3v) is 3.69. The average molecular weight is 291 g/mol. The number of nitrogens with one attached hydrogen (secondary N) is 1. The van der Waals surface area contributed by atoms with Crippen molar-refractivity contribution >= 4 is 22.7 Å². The molecule has 0 spiro atoms. The van der Waals surface area contributed by atoms with Crippen molar-refractivity contribution in [3.63, 3.8) is 0 Å². The summed E-state index contributed by atoms with van der Waals surface area (Å²) in [6.45, 7) is 5.31. The fourth-order valence-corrected chi connectivity index (χ4v) is 2.30. The number of hydrogen-bond donors (Lipinski definition) is 1. The Hall–Kier alpha value is -1.17. The van der Waals surface area contributed by atoms with Gasteiger partial charge in [-0.3, -0.25) is 0 Å². The van der Waals surface area contributed by atoms with Gasteiger partial charge in [0, 0.05) is 29.9 Å². The highest BCUT2D eigenvalue weighted by molar-refractivity contribution is 7.98. The molecule has 0 atom stereocenters. The van der Waals surface area contributed by atoms with Gasteiger partial charge >= 0.3 is 0 Å². The second kappa shape index (κ2) is 8.19. The highest BCUT2D eigenvalue weighted by atomic mass is 32.2. The van der Waals surface area contributed by atoms with Crippen LogP contribution >= 0.6 is 11.8 Å². The molecule has 4 nitrogen and oxygen atoms in total. The van der Waals surface area contributed by atoms with Crippen molar-refractivity contribution in [1.29, 1.82) is 0 Å². The molecule has 0 saturated carbocycles. The van der Waals surface area contributed by atoms with Crippen LogP contribution < -0.4 is 5.32 Å². The van der Waals surface area contributed by atoms with Crippen molar-refractivity contribution in [3.05, 3.63) is 35.8 Å². The molecular formula is C15H21N3OS. The van der Waals surface area contributed by atoms with Gasteiger partial charge in [-0.25, -0.2) is 9.97 Å². The second-order valence-electron chi connectivity index (χ2n) is 4.61. The Morgan fingerprint density at radius 3 is 3.00 bits per heavy atom. The molecule has 5 heteroatoms. The maximum atomic E-state index is 5.68. The lowest BCUT2D eigenvalue weighted by Gasteiger charge is -2.07. The largest absolute Gasteiger partial charge is 0.375 e. The van der Waals surface area contributed by atoms with E-state index in [9.17, 15) is 0 Å². The van der Waals surface area contributed by atoms with E-state index in [1.54, 1.807) is 6.33 Å². The summed E-state index contributed by atoms with van der Waals surface area (Å²) in [4.78, 5) is 8.48. The molecule has 0 amide bonds. The molecular weight excluding hydrogens is 270 g/mol. The number of rotatable bonds is 8. The Kier molecular flexibility index (Phi) is 6.24. The van der Waals surface area contributed by atoms with E-state index in [0.29, 0.717) is 6.61 Å². The van der Waals surface area contributed by atoms with Crippen LogP contribution in [0.2, 0.25) is 0 Å². The minimum Gasteiger partial charge on any atom is -0.375 e. The fourth-order valence-electron chi connectivity index (χ4n) is 1.96. The minimum absolute atomic E-state index is 0.633. The second-order valence-corrected chi connectivity index (χ2v) is 5.59. The van der Waals surface area contributed by atoms with Crippen molar-refractivity contribution in [2.24, 2.45) is 0 Å². The zero-order valence-electron chi connectivity index (χ0n) is 12.1. The van der Waals surface area contributed by atoms with Gasteiger partial charge in [-0.05, 0) is 30.9 Å². The third-order valence-electron chi connectivity index (χ3n) is 3.07. The van der Waals surface area contributed by atoms with Crippen molar-refractivity contribution in [3.8, 4) is 0 Å². The standard InChI is InChI=1S/C15H21N3OS/c1-12-14-9-13(3-4-15(14)18-11-17-12)10-19-7-5-16-6-8-20-2/h3-4,9,11,16H,5-8,10H2,1-2H3. The number of thioether (sulfide) groups is 1. The van der Waals surface area contributed by atoms with Crippen molar-refractivity contribution in [1.82, 2.24) is 15.3 Å². The molecule has 0 unspecified atom stereocenters. The number of fused-ring (bicyclic) bond motifs is 1. The molecule has 2 aromatic rings. The Labute approximate surface area is 124 Å². The van der Waals surface area contributed by atoms with Crippen LogP contribution in [-0.2, 0) is 11.3 Å². The lowest BCUT2D eigenvalue weighted by atomic mass is 10.1. The van der Waals surface area contributed by atoms with E-state index in [-0.39, 0.29) is 0 Å². The predicted octanol–water partition coefficient (Wildman–Crippen LogP) is 2.41. The van der Waals surface area contributed by atoms with Gasteiger partial charge in [-0.15, -0.1) is 0 Å². The van der Waals surface area contributed by atoms with Gasteiger partial charge < -0.3 is 10.1 Å². The van der Waals surface area contributed by atoms with Crippen molar-refractivity contribution < 1.29 is 4.74 Å². The van der Waals surface area contributed by atoms with Crippen LogP contribution in [-0.4, -0.2) is 41.7 Å². The number of nitrogens with zero attached hydrogens (tertiary/aromatic N) is 2. The van der Waals surface area contributed by atoms with Crippen LogP contribution in [0.1, 0.15) is 11.3 Å². The first-order valence-electron chi connectivity index (χ1n) is 6.79. The van der Waals surface area contributed by atoms with Crippen LogP contribution in [0.25, 0.3) is 10.9 Å². The van der Waals surface area contributed by atoms with Gasteiger partial charge in [0.05, 0.1) is 18.7 Å². The first kappa shape index (κ1) is 15.2. The summed E-state index contributed by atoms with van der Waals surface area (Å²) >= 11 is 1.85. The fraction of sp³-hybridized carbons (Fsp3) is 0.467. The van der Waals surface area contributed by atoms with E-state index in [0.717, 1.165) is 42.0 Å². The number of aryl methyl sites for hydroxylation is 1. The normalized spacial score (nSPS) is 11.1. The van der Waals surface area contributed by atoms with Gasteiger partial charge in [-0.2, -0.15) is 11.8 Å². The van der Waals surface area contributed by atoms with Gasteiger partial charge in [0.2, 0.25) is 0 Å². The number of benzene rings is 1. The van der Waals surface area contributed by atoms with E-state index in [4.69, 9.17) is 4.74 Å². The van der Waals surface area contributed by atoms with Gasteiger partial charge in [0.15, 0.2) is 0 Å². The zero-order chi connectivity index (χ0) is 14.2. The molecule has 0 aliphatic heterocycles. The smallest absolute Gasteiger partial charge is 0.116 e. The Balaban J connectivity index is 1.80. The zero-order valence-corrected chi connectivity index (χ0v) is 12.9. The van der Waals surface area contributed by atoms with E-state index < -0.39 is 0 Å². The first-order valence-corrected chi connectivity index (χ1v) is 8.18. The third kappa shape index (κ3) is 4.44. The van der Waals surface area contributed by atoms with Crippen LogP contribution in [0.5, 0.6) is 0 Å². The number of aromatic nitrogens is 2. The summed E-state index contributed by atoms with van der Waals surface area (Å²) in [5.74, 6) is 1.14. The maximum absolute atomic E-state index is 5.68. The lowest BCUT2D eigenvalue weighted by Crippen LogP contribution is -2.22. The molecule has 0 fully saturated rings. The number of ether oxygens (including phenoxy) is 1. The average Bonchev–Trinajstić information content (AvgIpc) is 2.47. The van der Waals surface area contributed by atoms with E-state index in [1.165, 1.54) is 5.56 Å². The molecule has 0 saturated heterocycles. The summed E-state index contributed by atoms with van der Waals surface area (Å²) in [5.41, 5.74) is 3.16. The van der Waals surface area contributed by atoms with Crippen molar-refractivity contribution in [2.75, 3.05) is 31.7 Å². The first-order chi connectivity index (χ1) is 9.81. The summed E-state index contributed by atoms with van der Waals surface area (Å²) in [6.07, 6.45) is 3.72. The van der Waals surface area contributed by atoms with Gasteiger partial charge in [-0.1, -0.05) is 6.07 Å². The Morgan fingerprint density at radius 2 is 2.15 bits per heavy atom. The monoisotopic (exact) mass is 291 g/mol. The highest BCUT2D eigenvalue weighted by Crippen LogP contribution is 2.16. The maximum Gasteiger partial charge on any atom is 0.116 e. The molecule has 20 heavy (non-hydrogen) atoms. The van der Waals surface area contributed by atoms with Gasteiger partial charge in [0.25, 0.3) is 0 Å². The molecule has 0 aliphatic rings. The van der Waals surface area contributed by atoms with Crippen LogP contribution in [0.3, 0.4) is 0 Å². The predicted molar refractivity (Wildman–Crippen MR) is 85.2 cm³/mol. The number of hydrogen-bond acceptors (Lipinski definition) is 5. The van der Waals surface area contributed by atoms with E-state index in [2.05, 4.69) is 33.7 Å². The molecule has 1 aromatic carbocycles. The Morgan fingerprint density at radius 1 is 1.25 bits per heavy atom. The topological polar surface area (TPSA) is 47.0 Å². The Bertz CT molecular complexity index is 548. The molecule has 1 N–H and O–H groups in total. The molecule has 0 bridgehead atoms. The molecule has 0 radical (unpaired) electrons. The summed E-state index contributed by atoms with van der Waals surface area (Å²) in [7, 11) is 0. The summed E-state index contributed by atoms with van der Waals surface area (Å²) in [5, 5.41) is 4.45. The van der Waals surface area contributed by atoms with Crippen LogP contribution in [0.4, 0.5) is 0 Å².